The quantitative estimate of drug-likeness (QED) is 0.580. The second kappa shape index (κ2) is 6.64. The van der Waals surface area contributed by atoms with E-state index in [1.807, 2.05) is 55.7 Å². The normalized spacial score (nSPS) is 11.3. The monoisotopic (exact) mass is 361 g/mol. The van der Waals surface area contributed by atoms with Gasteiger partial charge in [0.2, 0.25) is 0 Å². The average molecular weight is 361 g/mol. The molecule has 2 N–H and O–H groups in total. The number of hydrogen-bond donors (Lipinski definition) is 2. The molecule has 0 saturated carbocycles. The van der Waals surface area contributed by atoms with Crippen LogP contribution >= 0.6 is 0 Å². The van der Waals surface area contributed by atoms with E-state index in [4.69, 9.17) is 0 Å². The number of hydrogen-bond acceptors (Lipinski definition) is 5. The fourth-order valence-corrected chi connectivity index (χ4v) is 2.84. The molecule has 1 aromatic carbocycles. The molecule has 0 unspecified atom stereocenters. The van der Waals surface area contributed by atoms with Gasteiger partial charge < -0.3 is 14.9 Å². The van der Waals surface area contributed by atoms with Crippen molar-refractivity contribution in [1.29, 1.82) is 0 Å². The SMILES string of the molecule is Cc1ccc2nc(C(=O)Nc3cccc(-c4nncn4C(C)C)n3)[nH]c2c1. The van der Waals surface area contributed by atoms with Gasteiger partial charge in [-0.25, -0.2) is 9.97 Å². The van der Waals surface area contributed by atoms with Crippen molar-refractivity contribution in [3.05, 3.63) is 54.1 Å². The average Bonchev–Trinajstić information content (AvgIpc) is 3.28. The number of pyridine rings is 1. The lowest BCUT2D eigenvalue weighted by molar-refractivity contribution is 0.101. The molecule has 0 fully saturated rings. The first kappa shape index (κ1) is 16.9. The van der Waals surface area contributed by atoms with Crippen LogP contribution in [0.4, 0.5) is 5.82 Å². The molecule has 8 heteroatoms. The van der Waals surface area contributed by atoms with Crippen molar-refractivity contribution in [1.82, 2.24) is 29.7 Å². The molecule has 3 aromatic heterocycles. The van der Waals surface area contributed by atoms with Gasteiger partial charge in [-0.1, -0.05) is 12.1 Å². The lowest BCUT2D eigenvalue weighted by Gasteiger charge is -2.10. The van der Waals surface area contributed by atoms with Gasteiger partial charge in [0.05, 0.1) is 11.0 Å². The highest BCUT2D eigenvalue weighted by molar-refractivity contribution is 6.03. The Hall–Kier alpha value is -3.55. The Bertz CT molecular complexity index is 1130. The topological polar surface area (TPSA) is 101 Å². The highest BCUT2D eigenvalue weighted by Gasteiger charge is 2.15. The summed E-state index contributed by atoms with van der Waals surface area (Å²) in [6.45, 7) is 6.08. The smallest absolute Gasteiger partial charge is 0.292 e. The number of imidazole rings is 1. The Kier molecular flexibility index (Phi) is 4.15. The highest BCUT2D eigenvalue weighted by Crippen LogP contribution is 2.20. The van der Waals surface area contributed by atoms with Crippen LogP contribution in [0.25, 0.3) is 22.6 Å². The van der Waals surface area contributed by atoms with Crippen LogP contribution in [-0.4, -0.2) is 35.6 Å². The van der Waals surface area contributed by atoms with Gasteiger partial charge in [0.1, 0.15) is 17.8 Å². The van der Waals surface area contributed by atoms with Crippen LogP contribution in [-0.2, 0) is 0 Å². The van der Waals surface area contributed by atoms with E-state index in [0.717, 1.165) is 16.6 Å². The Morgan fingerprint density at radius 3 is 2.85 bits per heavy atom. The second-order valence-electron chi connectivity index (χ2n) is 6.62. The standard InChI is InChI=1S/C19H19N7O/c1-11(2)26-10-20-25-18(26)14-5-4-6-16(21-14)24-19(27)17-22-13-8-7-12(3)9-15(13)23-17/h4-11H,1-3H3,(H,22,23)(H,21,24,27). The van der Waals surface area contributed by atoms with Crippen LogP contribution in [0.1, 0.15) is 36.1 Å². The molecule has 1 amide bonds. The zero-order chi connectivity index (χ0) is 19.0. The van der Waals surface area contributed by atoms with E-state index in [1.54, 1.807) is 12.4 Å². The number of aromatic amines is 1. The number of rotatable bonds is 4. The van der Waals surface area contributed by atoms with Crippen molar-refractivity contribution in [2.24, 2.45) is 0 Å². The zero-order valence-corrected chi connectivity index (χ0v) is 15.3. The molecule has 4 rings (SSSR count). The van der Waals surface area contributed by atoms with Gasteiger partial charge >= 0.3 is 0 Å². The number of fused-ring (bicyclic) bond motifs is 1. The molecule has 8 nitrogen and oxygen atoms in total. The molecule has 27 heavy (non-hydrogen) atoms. The summed E-state index contributed by atoms with van der Waals surface area (Å²) in [6.07, 6.45) is 1.67. The Morgan fingerprint density at radius 2 is 2.04 bits per heavy atom. The summed E-state index contributed by atoms with van der Waals surface area (Å²) in [7, 11) is 0. The van der Waals surface area contributed by atoms with Crippen LogP contribution in [0, 0.1) is 6.92 Å². The first-order valence-corrected chi connectivity index (χ1v) is 8.66. The van der Waals surface area contributed by atoms with Gasteiger partial charge in [0.15, 0.2) is 11.6 Å². The summed E-state index contributed by atoms with van der Waals surface area (Å²) in [5, 5.41) is 10.9. The number of benzene rings is 1. The first-order chi connectivity index (χ1) is 13.0. The molecule has 0 aliphatic carbocycles. The zero-order valence-electron chi connectivity index (χ0n) is 15.3. The molecule has 0 aliphatic heterocycles. The minimum Gasteiger partial charge on any atom is -0.334 e. The van der Waals surface area contributed by atoms with Gasteiger partial charge in [-0.2, -0.15) is 0 Å². The summed E-state index contributed by atoms with van der Waals surface area (Å²) in [6, 6.07) is 11.4. The molecule has 0 atom stereocenters. The maximum absolute atomic E-state index is 12.6. The number of anilines is 1. The van der Waals surface area contributed by atoms with E-state index in [1.165, 1.54) is 0 Å². The Balaban J connectivity index is 1.60. The Labute approximate surface area is 155 Å². The summed E-state index contributed by atoms with van der Waals surface area (Å²) in [4.78, 5) is 24.4. The van der Waals surface area contributed by atoms with Crippen LogP contribution in [0.15, 0.2) is 42.7 Å². The number of carbonyl (C=O) groups is 1. The first-order valence-electron chi connectivity index (χ1n) is 8.66. The van der Waals surface area contributed by atoms with Crippen LogP contribution in [0.5, 0.6) is 0 Å². The number of aromatic nitrogens is 6. The van der Waals surface area contributed by atoms with Crippen molar-refractivity contribution < 1.29 is 4.79 Å². The largest absolute Gasteiger partial charge is 0.334 e. The number of nitrogens with one attached hydrogen (secondary N) is 2. The van der Waals surface area contributed by atoms with Crippen LogP contribution in [0.3, 0.4) is 0 Å². The third-order valence-corrected chi connectivity index (χ3v) is 4.20. The molecule has 0 radical (unpaired) electrons. The van der Waals surface area contributed by atoms with Crippen molar-refractivity contribution in [2.45, 2.75) is 26.8 Å². The molecule has 3 heterocycles. The number of amides is 1. The molecular formula is C19H19N7O. The maximum Gasteiger partial charge on any atom is 0.292 e. The highest BCUT2D eigenvalue weighted by atomic mass is 16.2. The summed E-state index contributed by atoms with van der Waals surface area (Å²) < 4.78 is 1.93. The molecular weight excluding hydrogens is 342 g/mol. The second-order valence-corrected chi connectivity index (χ2v) is 6.62. The van der Waals surface area contributed by atoms with Gasteiger partial charge in [0.25, 0.3) is 5.91 Å². The minimum absolute atomic E-state index is 0.203. The number of nitrogens with zero attached hydrogens (tertiary/aromatic N) is 5. The molecule has 136 valence electrons. The molecule has 0 bridgehead atoms. The number of H-pyrrole nitrogens is 1. The molecule has 4 aromatic rings. The van der Waals surface area contributed by atoms with Gasteiger partial charge in [-0.05, 0) is 50.6 Å². The summed E-state index contributed by atoms with van der Waals surface area (Å²) in [5.74, 6) is 0.972. The number of carbonyl (C=O) groups excluding carboxylic acids is 1. The predicted molar refractivity (Wildman–Crippen MR) is 102 cm³/mol. The number of aryl methyl sites for hydroxylation is 1. The van der Waals surface area contributed by atoms with Crippen molar-refractivity contribution >= 4 is 22.8 Å². The van der Waals surface area contributed by atoms with Gasteiger partial charge in [0, 0.05) is 6.04 Å². The molecule has 0 saturated heterocycles. The van der Waals surface area contributed by atoms with E-state index in [-0.39, 0.29) is 17.8 Å². The third kappa shape index (κ3) is 3.29. The predicted octanol–water partition coefficient (Wildman–Crippen LogP) is 3.36. The van der Waals surface area contributed by atoms with E-state index in [9.17, 15) is 4.79 Å². The summed E-state index contributed by atoms with van der Waals surface area (Å²) in [5.41, 5.74) is 3.31. The fourth-order valence-electron chi connectivity index (χ4n) is 2.84. The lowest BCUT2D eigenvalue weighted by Crippen LogP contribution is -2.15. The Morgan fingerprint density at radius 1 is 1.19 bits per heavy atom. The third-order valence-electron chi connectivity index (χ3n) is 4.20. The van der Waals surface area contributed by atoms with Gasteiger partial charge in [-0.15, -0.1) is 10.2 Å². The van der Waals surface area contributed by atoms with E-state index in [2.05, 4.69) is 30.5 Å². The lowest BCUT2D eigenvalue weighted by atomic mass is 10.2. The van der Waals surface area contributed by atoms with Gasteiger partial charge in [-0.3, -0.25) is 4.79 Å². The maximum atomic E-state index is 12.6. The van der Waals surface area contributed by atoms with Crippen molar-refractivity contribution in [3.63, 3.8) is 0 Å². The van der Waals surface area contributed by atoms with Crippen LogP contribution < -0.4 is 5.32 Å². The molecule has 0 aliphatic rings. The van der Waals surface area contributed by atoms with E-state index in [0.29, 0.717) is 17.3 Å². The summed E-state index contributed by atoms with van der Waals surface area (Å²) >= 11 is 0. The van der Waals surface area contributed by atoms with E-state index >= 15 is 0 Å². The van der Waals surface area contributed by atoms with Crippen molar-refractivity contribution in [3.8, 4) is 11.5 Å². The molecule has 0 spiro atoms. The van der Waals surface area contributed by atoms with E-state index < -0.39 is 0 Å². The van der Waals surface area contributed by atoms with Crippen molar-refractivity contribution in [2.75, 3.05) is 5.32 Å². The fraction of sp³-hybridized carbons (Fsp3) is 0.211. The minimum atomic E-state index is -0.348. The van der Waals surface area contributed by atoms with Crippen LogP contribution in [0.2, 0.25) is 0 Å².